The number of nitrogens with zero attached hydrogens (tertiary/aromatic N) is 5. The molecule has 4 aromatic rings. The van der Waals surface area contributed by atoms with Gasteiger partial charge in [0.2, 0.25) is 5.65 Å². The van der Waals surface area contributed by atoms with Crippen molar-refractivity contribution in [3.8, 4) is 0 Å². The van der Waals surface area contributed by atoms with Gasteiger partial charge in [-0.1, -0.05) is 18.2 Å². The van der Waals surface area contributed by atoms with E-state index in [4.69, 9.17) is 0 Å². The molecule has 0 amide bonds. The summed E-state index contributed by atoms with van der Waals surface area (Å²) in [6, 6.07) is 10.3. The fourth-order valence-electron chi connectivity index (χ4n) is 2.23. The van der Waals surface area contributed by atoms with Crippen molar-refractivity contribution in [3.63, 3.8) is 0 Å². The van der Waals surface area contributed by atoms with Crippen LogP contribution in [0.3, 0.4) is 0 Å². The molecule has 0 fully saturated rings. The predicted molar refractivity (Wildman–Crippen MR) is 64.0 cm³/mol. The minimum Gasteiger partial charge on any atom is -0.295 e. The lowest BCUT2D eigenvalue weighted by Crippen LogP contribution is -1.97. The maximum atomic E-state index is 4.35. The monoisotopic (exact) mass is 223 g/mol. The highest BCUT2D eigenvalue weighted by atomic mass is 15.4. The van der Waals surface area contributed by atoms with Crippen LogP contribution in [0.15, 0.2) is 36.7 Å². The lowest BCUT2D eigenvalue weighted by atomic mass is 10.2. The second kappa shape index (κ2) is 2.82. The maximum Gasteiger partial charge on any atom is 0.201 e. The van der Waals surface area contributed by atoms with Gasteiger partial charge in [0.15, 0.2) is 5.82 Å². The first-order valence-corrected chi connectivity index (χ1v) is 5.41. The van der Waals surface area contributed by atoms with Crippen LogP contribution in [-0.4, -0.2) is 24.2 Å². The van der Waals surface area contributed by atoms with Gasteiger partial charge in [-0.2, -0.15) is 9.61 Å². The van der Waals surface area contributed by atoms with Gasteiger partial charge in [-0.15, -0.1) is 10.2 Å². The van der Waals surface area contributed by atoms with Crippen molar-refractivity contribution in [2.45, 2.75) is 6.92 Å². The molecule has 3 heterocycles. The van der Waals surface area contributed by atoms with Gasteiger partial charge in [0.05, 0.1) is 11.0 Å². The van der Waals surface area contributed by atoms with Crippen LogP contribution in [0.4, 0.5) is 0 Å². The Morgan fingerprint density at radius 3 is 2.88 bits per heavy atom. The van der Waals surface area contributed by atoms with Gasteiger partial charge in [0, 0.05) is 5.39 Å². The fraction of sp³-hybridized carbons (Fsp3) is 0.0833. The number of aromatic nitrogens is 5. The van der Waals surface area contributed by atoms with E-state index in [1.165, 1.54) is 5.39 Å². The third-order valence-electron chi connectivity index (χ3n) is 3.06. The molecule has 0 unspecified atom stereocenters. The molecule has 1 aromatic carbocycles. The molecule has 3 aromatic heterocycles. The molecule has 0 aliphatic rings. The maximum absolute atomic E-state index is 4.35. The molecule has 0 radical (unpaired) electrons. The Kier molecular flexibility index (Phi) is 1.44. The molecule has 0 spiro atoms. The summed E-state index contributed by atoms with van der Waals surface area (Å²) in [6.07, 6.45) is 1.81. The summed E-state index contributed by atoms with van der Waals surface area (Å²) >= 11 is 0. The first kappa shape index (κ1) is 8.69. The standard InChI is InChI=1S/C12H9N5/c1-8-14-15-12-11-6-9-4-2-3-5-10(9)16(11)7-13-17(8)12/h2-7H,1H3. The van der Waals surface area contributed by atoms with Crippen molar-refractivity contribution in [1.29, 1.82) is 0 Å². The van der Waals surface area contributed by atoms with E-state index in [-0.39, 0.29) is 0 Å². The molecule has 0 aliphatic carbocycles. The Labute approximate surface area is 96.3 Å². The second-order valence-corrected chi connectivity index (χ2v) is 4.07. The molecule has 5 heteroatoms. The van der Waals surface area contributed by atoms with Crippen molar-refractivity contribution in [1.82, 2.24) is 24.2 Å². The van der Waals surface area contributed by atoms with Crippen LogP contribution in [0.1, 0.15) is 5.82 Å². The van der Waals surface area contributed by atoms with Gasteiger partial charge in [0.25, 0.3) is 0 Å². The predicted octanol–water partition coefficient (Wildman–Crippen LogP) is 1.84. The third kappa shape index (κ3) is 1.00. The largest absolute Gasteiger partial charge is 0.295 e. The quantitative estimate of drug-likeness (QED) is 0.457. The molecule has 0 saturated heterocycles. The number of para-hydroxylation sites is 1. The van der Waals surface area contributed by atoms with Crippen LogP contribution >= 0.6 is 0 Å². The van der Waals surface area contributed by atoms with E-state index in [2.05, 4.69) is 33.5 Å². The smallest absolute Gasteiger partial charge is 0.201 e. The highest BCUT2D eigenvalue weighted by Gasteiger charge is 2.09. The molecule has 0 bridgehead atoms. The number of fused-ring (bicyclic) bond motifs is 5. The van der Waals surface area contributed by atoms with Crippen LogP contribution in [0.5, 0.6) is 0 Å². The second-order valence-electron chi connectivity index (χ2n) is 4.07. The van der Waals surface area contributed by atoms with Gasteiger partial charge in [-0.05, 0) is 19.1 Å². The first-order chi connectivity index (χ1) is 8.34. The molecule has 4 rings (SSSR count). The zero-order valence-electron chi connectivity index (χ0n) is 9.20. The average Bonchev–Trinajstić information content (AvgIpc) is 2.90. The fourth-order valence-corrected chi connectivity index (χ4v) is 2.23. The van der Waals surface area contributed by atoms with Crippen LogP contribution in [0, 0.1) is 6.92 Å². The molecular formula is C12H9N5. The van der Waals surface area contributed by atoms with Crippen LogP contribution in [0.2, 0.25) is 0 Å². The summed E-state index contributed by atoms with van der Waals surface area (Å²) in [5, 5.41) is 13.8. The highest BCUT2D eigenvalue weighted by molar-refractivity contribution is 5.91. The third-order valence-corrected chi connectivity index (χ3v) is 3.06. The molecular weight excluding hydrogens is 214 g/mol. The Balaban J connectivity index is 2.34. The minimum absolute atomic E-state index is 0.793. The summed E-state index contributed by atoms with van der Waals surface area (Å²) in [5.74, 6) is 0.799. The zero-order chi connectivity index (χ0) is 11.4. The molecule has 82 valence electrons. The normalized spacial score (nSPS) is 11.8. The Bertz CT molecular complexity index is 855. The number of benzene rings is 1. The van der Waals surface area contributed by atoms with E-state index in [1.54, 1.807) is 10.8 Å². The van der Waals surface area contributed by atoms with Gasteiger partial charge in [-0.3, -0.25) is 4.40 Å². The van der Waals surface area contributed by atoms with Crippen molar-refractivity contribution in [2.75, 3.05) is 0 Å². The van der Waals surface area contributed by atoms with Crippen LogP contribution in [0.25, 0.3) is 22.1 Å². The Morgan fingerprint density at radius 2 is 1.94 bits per heavy atom. The van der Waals surface area contributed by atoms with E-state index in [0.717, 1.165) is 22.5 Å². The Morgan fingerprint density at radius 1 is 1.06 bits per heavy atom. The molecule has 5 nitrogen and oxygen atoms in total. The SMILES string of the molecule is Cc1nnc2c3cc4ccccc4n3cnn12. The molecule has 17 heavy (non-hydrogen) atoms. The zero-order valence-corrected chi connectivity index (χ0v) is 9.20. The molecule has 0 aliphatic heterocycles. The number of hydrogen-bond acceptors (Lipinski definition) is 3. The molecule has 0 saturated carbocycles. The van der Waals surface area contributed by atoms with Crippen LogP contribution < -0.4 is 0 Å². The highest BCUT2D eigenvalue weighted by Crippen LogP contribution is 2.21. The van der Waals surface area contributed by atoms with Gasteiger partial charge in [0.1, 0.15) is 6.33 Å². The van der Waals surface area contributed by atoms with Crippen LogP contribution in [-0.2, 0) is 0 Å². The average molecular weight is 223 g/mol. The van der Waals surface area contributed by atoms with E-state index in [0.29, 0.717) is 0 Å². The van der Waals surface area contributed by atoms with E-state index in [1.807, 2.05) is 23.5 Å². The lowest BCUT2D eigenvalue weighted by Gasteiger charge is -1.97. The Hall–Kier alpha value is -2.43. The summed E-state index contributed by atoms with van der Waals surface area (Å²) in [7, 11) is 0. The van der Waals surface area contributed by atoms with Crippen molar-refractivity contribution < 1.29 is 0 Å². The summed E-state index contributed by atoms with van der Waals surface area (Å²) in [5.41, 5.74) is 2.96. The van der Waals surface area contributed by atoms with E-state index in [9.17, 15) is 0 Å². The summed E-state index contributed by atoms with van der Waals surface area (Å²) in [4.78, 5) is 0. The lowest BCUT2D eigenvalue weighted by molar-refractivity contribution is 0.849. The topological polar surface area (TPSA) is 47.5 Å². The molecule has 0 N–H and O–H groups in total. The molecule has 0 atom stereocenters. The first-order valence-electron chi connectivity index (χ1n) is 5.41. The van der Waals surface area contributed by atoms with Crippen molar-refractivity contribution in [2.24, 2.45) is 0 Å². The number of aryl methyl sites for hydroxylation is 1. The van der Waals surface area contributed by atoms with Crippen molar-refractivity contribution in [3.05, 3.63) is 42.5 Å². The van der Waals surface area contributed by atoms with E-state index < -0.39 is 0 Å². The summed E-state index contributed by atoms with van der Waals surface area (Å²) in [6.45, 7) is 1.89. The van der Waals surface area contributed by atoms with Crippen molar-refractivity contribution >= 4 is 22.1 Å². The van der Waals surface area contributed by atoms with Gasteiger partial charge < -0.3 is 0 Å². The number of hydrogen-bond donors (Lipinski definition) is 0. The van der Waals surface area contributed by atoms with E-state index >= 15 is 0 Å². The minimum atomic E-state index is 0.793. The van der Waals surface area contributed by atoms with Gasteiger partial charge >= 0.3 is 0 Å². The summed E-state index contributed by atoms with van der Waals surface area (Å²) < 4.78 is 3.80. The van der Waals surface area contributed by atoms with Gasteiger partial charge in [-0.25, -0.2) is 0 Å². The number of rotatable bonds is 0.